The summed E-state index contributed by atoms with van der Waals surface area (Å²) in [7, 11) is 1.64. The topological polar surface area (TPSA) is 67.3 Å². The summed E-state index contributed by atoms with van der Waals surface area (Å²) in [6, 6.07) is 10.4. The number of benzene rings is 1. The molecule has 5 rings (SSSR count). The van der Waals surface area contributed by atoms with Gasteiger partial charge in [-0.2, -0.15) is 0 Å². The van der Waals surface area contributed by atoms with Gasteiger partial charge < -0.3 is 4.74 Å². The molecule has 6 nitrogen and oxygen atoms in total. The van der Waals surface area contributed by atoms with Crippen molar-refractivity contribution >= 4 is 22.4 Å². The second-order valence-corrected chi connectivity index (χ2v) is 10.0. The van der Waals surface area contributed by atoms with E-state index >= 15 is 0 Å². The number of amides is 1. The molecule has 1 amide bonds. The van der Waals surface area contributed by atoms with Gasteiger partial charge in [0, 0.05) is 53.4 Å². The maximum atomic E-state index is 13.3. The Balaban J connectivity index is 1.37. The molecule has 0 saturated heterocycles. The predicted molar refractivity (Wildman–Crippen MR) is 132 cm³/mol. The summed E-state index contributed by atoms with van der Waals surface area (Å²) >= 11 is 1.61. The van der Waals surface area contributed by atoms with E-state index in [9.17, 15) is 4.79 Å². The second-order valence-electron chi connectivity index (χ2n) is 8.93. The van der Waals surface area contributed by atoms with Crippen LogP contribution in [-0.2, 0) is 13.0 Å². The molecule has 7 heteroatoms. The van der Waals surface area contributed by atoms with Crippen LogP contribution < -0.4 is 10.1 Å². The highest BCUT2D eigenvalue weighted by Gasteiger charge is 2.28. The Kier molecular flexibility index (Phi) is 6.42. The SMILES string of the molecule is COc1ccccc1-c1cc(C)ncc1C(=O)Nc1nc2c(s1)CN(C1CCCCC1)CC2. The first-order valence-corrected chi connectivity index (χ1v) is 12.6. The van der Waals surface area contributed by atoms with Gasteiger partial charge in [-0.3, -0.25) is 20.0 Å². The van der Waals surface area contributed by atoms with Crippen molar-refractivity contribution in [3.05, 3.63) is 58.4 Å². The Morgan fingerprint density at radius 2 is 2.00 bits per heavy atom. The number of nitrogens with zero attached hydrogens (tertiary/aromatic N) is 3. The Morgan fingerprint density at radius 1 is 1.18 bits per heavy atom. The number of pyridine rings is 1. The molecule has 1 saturated carbocycles. The van der Waals surface area contributed by atoms with E-state index in [1.54, 1.807) is 24.6 Å². The number of hydrogen-bond acceptors (Lipinski definition) is 6. The molecule has 1 aliphatic heterocycles. The van der Waals surface area contributed by atoms with Crippen LogP contribution in [0, 0.1) is 6.92 Å². The van der Waals surface area contributed by atoms with Crippen molar-refractivity contribution in [1.29, 1.82) is 0 Å². The van der Waals surface area contributed by atoms with Crippen LogP contribution in [-0.4, -0.2) is 40.5 Å². The van der Waals surface area contributed by atoms with Crippen molar-refractivity contribution in [1.82, 2.24) is 14.9 Å². The summed E-state index contributed by atoms with van der Waals surface area (Å²) in [5.41, 5.74) is 4.18. The molecule has 0 radical (unpaired) electrons. The average molecular weight is 463 g/mol. The number of anilines is 1. The number of hydrogen-bond donors (Lipinski definition) is 1. The highest BCUT2D eigenvalue weighted by molar-refractivity contribution is 7.15. The van der Waals surface area contributed by atoms with Gasteiger partial charge in [0.15, 0.2) is 5.13 Å². The number of aromatic nitrogens is 2. The van der Waals surface area contributed by atoms with Crippen LogP contribution in [0.4, 0.5) is 5.13 Å². The molecule has 0 unspecified atom stereocenters. The number of methoxy groups -OCH3 is 1. The van der Waals surface area contributed by atoms with E-state index in [1.807, 2.05) is 37.3 Å². The number of nitrogens with one attached hydrogen (secondary N) is 1. The van der Waals surface area contributed by atoms with Gasteiger partial charge >= 0.3 is 0 Å². The van der Waals surface area contributed by atoms with E-state index in [-0.39, 0.29) is 5.91 Å². The zero-order chi connectivity index (χ0) is 22.8. The van der Waals surface area contributed by atoms with Crippen LogP contribution in [0.3, 0.4) is 0 Å². The molecule has 1 aliphatic carbocycles. The maximum Gasteiger partial charge on any atom is 0.259 e. The molecule has 2 aliphatic rings. The molecular formula is C26H30N4O2S. The van der Waals surface area contributed by atoms with E-state index in [2.05, 4.69) is 15.2 Å². The largest absolute Gasteiger partial charge is 0.496 e. The van der Waals surface area contributed by atoms with Gasteiger partial charge in [-0.05, 0) is 31.9 Å². The molecular weight excluding hydrogens is 432 g/mol. The molecule has 33 heavy (non-hydrogen) atoms. The third-order valence-corrected chi connectivity index (χ3v) is 7.75. The lowest BCUT2D eigenvalue weighted by Gasteiger charge is -2.36. The monoisotopic (exact) mass is 462 g/mol. The highest BCUT2D eigenvalue weighted by Crippen LogP contribution is 2.35. The molecule has 1 aromatic carbocycles. The summed E-state index contributed by atoms with van der Waals surface area (Å²) in [6.45, 7) is 3.94. The summed E-state index contributed by atoms with van der Waals surface area (Å²) in [5, 5.41) is 3.71. The van der Waals surface area contributed by atoms with Gasteiger partial charge in [-0.15, -0.1) is 11.3 Å². The third kappa shape index (κ3) is 4.66. The second kappa shape index (κ2) is 9.61. The Morgan fingerprint density at radius 3 is 2.82 bits per heavy atom. The quantitative estimate of drug-likeness (QED) is 0.545. The van der Waals surface area contributed by atoms with E-state index in [1.165, 1.54) is 37.0 Å². The van der Waals surface area contributed by atoms with Crippen LogP contribution in [0.15, 0.2) is 36.5 Å². The number of carbonyl (C=O) groups is 1. The summed E-state index contributed by atoms with van der Waals surface area (Å²) in [4.78, 5) is 26.4. The zero-order valence-electron chi connectivity index (χ0n) is 19.3. The van der Waals surface area contributed by atoms with Crippen molar-refractivity contribution in [3.63, 3.8) is 0 Å². The van der Waals surface area contributed by atoms with E-state index in [0.717, 1.165) is 47.8 Å². The van der Waals surface area contributed by atoms with Gasteiger partial charge in [-0.1, -0.05) is 37.5 Å². The number of fused-ring (bicyclic) bond motifs is 1. The molecule has 0 atom stereocenters. The lowest BCUT2D eigenvalue weighted by molar-refractivity contribution is 0.102. The highest BCUT2D eigenvalue weighted by atomic mass is 32.1. The van der Waals surface area contributed by atoms with E-state index < -0.39 is 0 Å². The standard InChI is InChI=1S/C26H30N4O2S/c1-17-14-20(19-10-6-7-11-23(19)32-2)21(15-27-17)25(31)29-26-28-22-12-13-30(16-24(22)33-26)18-8-4-3-5-9-18/h6-7,10-11,14-15,18H,3-5,8-9,12-13,16H2,1-2H3,(H,28,29,31). The lowest BCUT2D eigenvalue weighted by Crippen LogP contribution is -2.39. The first kappa shape index (κ1) is 22.0. The minimum atomic E-state index is -0.196. The van der Waals surface area contributed by atoms with E-state index in [4.69, 9.17) is 9.72 Å². The minimum Gasteiger partial charge on any atom is -0.496 e. The lowest BCUT2D eigenvalue weighted by atomic mass is 9.93. The number of ether oxygens (including phenoxy) is 1. The summed E-state index contributed by atoms with van der Waals surface area (Å²) in [5.74, 6) is 0.531. The number of rotatable bonds is 5. The molecule has 0 spiro atoms. The normalized spacial score (nSPS) is 16.9. The molecule has 172 valence electrons. The summed E-state index contributed by atoms with van der Waals surface area (Å²) < 4.78 is 5.54. The van der Waals surface area contributed by atoms with Gasteiger partial charge in [0.25, 0.3) is 5.91 Å². The van der Waals surface area contributed by atoms with Crippen molar-refractivity contribution in [3.8, 4) is 16.9 Å². The van der Waals surface area contributed by atoms with Crippen molar-refractivity contribution < 1.29 is 9.53 Å². The van der Waals surface area contributed by atoms with Crippen LogP contribution in [0.2, 0.25) is 0 Å². The summed E-state index contributed by atoms with van der Waals surface area (Å²) in [6.07, 6.45) is 9.28. The first-order chi connectivity index (χ1) is 16.1. The number of para-hydroxylation sites is 1. The number of carbonyl (C=O) groups excluding carboxylic acids is 1. The molecule has 0 bridgehead atoms. The molecule has 1 N–H and O–H groups in total. The fourth-order valence-corrected chi connectivity index (χ4v) is 6.05. The molecule has 3 heterocycles. The molecule has 2 aromatic heterocycles. The molecule has 1 fully saturated rings. The van der Waals surface area contributed by atoms with Gasteiger partial charge in [0.05, 0.1) is 18.4 Å². The Hall–Kier alpha value is -2.77. The number of aryl methyl sites for hydroxylation is 1. The van der Waals surface area contributed by atoms with Crippen molar-refractivity contribution in [2.75, 3.05) is 19.0 Å². The number of thiazole rings is 1. The average Bonchev–Trinajstić information content (AvgIpc) is 3.25. The van der Waals surface area contributed by atoms with Crippen LogP contribution >= 0.6 is 11.3 Å². The minimum absolute atomic E-state index is 0.196. The fourth-order valence-electron chi connectivity index (χ4n) is 5.02. The van der Waals surface area contributed by atoms with Gasteiger partial charge in [-0.25, -0.2) is 4.98 Å². The maximum absolute atomic E-state index is 13.3. The van der Waals surface area contributed by atoms with Gasteiger partial charge in [0.2, 0.25) is 0 Å². The van der Waals surface area contributed by atoms with Crippen LogP contribution in [0.1, 0.15) is 58.7 Å². The molecule has 3 aromatic rings. The fraction of sp³-hybridized carbons (Fsp3) is 0.423. The van der Waals surface area contributed by atoms with Crippen molar-refractivity contribution in [2.24, 2.45) is 0 Å². The predicted octanol–water partition coefficient (Wildman–Crippen LogP) is 5.47. The third-order valence-electron chi connectivity index (χ3n) is 6.75. The van der Waals surface area contributed by atoms with Gasteiger partial charge in [0.1, 0.15) is 5.75 Å². The Labute approximate surface area is 199 Å². The smallest absolute Gasteiger partial charge is 0.259 e. The van der Waals surface area contributed by atoms with Crippen LogP contribution in [0.25, 0.3) is 11.1 Å². The Bertz CT molecular complexity index is 1150. The van der Waals surface area contributed by atoms with E-state index in [0.29, 0.717) is 16.7 Å². The van der Waals surface area contributed by atoms with Crippen LogP contribution in [0.5, 0.6) is 5.75 Å². The zero-order valence-corrected chi connectivity index (χ0v) is 20.1. The first-order valence-electron chi connectivity index (χ1n) is 11.8. The van der Waals surface area contributed by atoms with Crippen molar-refractivity contribution in [2.45, 2.75) is 58.0 Å².